The molecular formula is C25H21N3O5. The molecule has 166 valence electrons. The molecule has 8 nitrogen and oxygen atoms in total. The average Bonchev–Trinajstić information content (AvgIpc) is 3.35. The third-order valence-corrected chi connectivity index (χ3v) is 6.67. The van der Waals surface area contributed by atoms with Crippen LogP contribution in [0.15, 0.2) is 56.5 Å². The number of fused-ring (bicyclic) bond motifs is 4. The van der Waals surface area contributed by atoms with Crippen LogP contribution >= 0.6 is 0 Å². The second-order valence-electron chi connectivity index (χ2n) is 8.67. The molecular weight excluding hydrogens is 422 g/mol. The number of carboxylic acid groups (broad SMARTS) is 1. The summed E-state index contributed by atoms with van der Waals surface area (Å²) in [4.78, 5) is 39.9. The highest BCUT2D eigenvalue weighted by atomic mass is 16.4. The topological polar surface area (TPSA) is 121 Å². The number of aromatic nitrogens is 3. The van der Waals surface area contributed by atoms with E-state index in [0.717, 1.165) is 31.1 Å². The quantitative estimate of drug-likeness (QED) is 0.370. The van der Waals surface area contributed by atoms with Crippen molar-refractivity contribution < 1.29 is 14.3 Å². The number of rotatable bonds is 3. The zero-order valence-electron chi connectivity index (χ0n) is 17.7. The zero-order valence-corrected chi connectivity index (χ0v) is 17.7. The summed E-state index contributed by atoms with van der Waals surface area (Å²) in [5, 5.41) is 13.5. The molecule has 0 unspecified atom stereocenters. The van der Waals surface area contributed by atoms with E-state index in [1.807, 2.05) is 4.68 Å². The summed E-state index contributed by atoms with van der Waals surface area (Å²) in [6.45, 7) is 0. The SMILES string of the molecule is O=C(O)c1ccc(-c2c3oc4cc(=O)ccc4c3[nH]c3c2c(=O)[nH]n3C2CCCCC2)cc1. The molecule has 3 heterocycles. The van der Waals surface area contributed by atoms with Gasteiger partial charge in [0, 0.05) is 17.0 Å². The molecule has 0 saturated heterocycles. The molecule has 0 spiro atoms. The van der Waals surface area contributed by atoms with Crippen molar-refractivity contribution in [3.8, 4) is 11.1 Å². The van der Waals surface area contributed by atoms with Gasteiger partial charge in [-0.15, -0.1) is 0 Å². The number of aromatic amines is 2. The van der Waals surface area contributed by atoms with Gasteiger partial charge in [0.05, 0.1) is 22.5 Å². The van der Waals surface area contributed by atoms with Crippen molar-refractivity contribution in [2.24, 2.45) is 0 Å². The summed E-state index contributed by atoms with van der Waals surface area (Å²) in [5.41, 5.74) is 3.25. The first-order valence-corrected chi connectivity index (χ1v) is 11.1. The van der Waals surface area contributed by atoms with E-state index in [0.29, 0.717) is 38.8 Å². The van der Waals surface area contributed by atoms with Gasteiger partial charge in [-0.1, -0.05) is 31.4 Å². The normalized spacial score (nSPS) is 15.0. The molecule has 6 rings (SSSR count). The van der Waals surface area contributed by atoms with Gasteiger partial charge in [0.2, 0.25) is 0 Å². The predicted molar refractivity (Wildman–Crippen MR) is 125 cm³/mol. The van der Waals surface area contributed by atoms with Crippen LogP contribution in [0.25, 0.3) is 44.2 Å². The Morgan fingerprint density at radius 2 is 1.79 bits per heavy atom. The third kappa shape index (κ3) is 3.01. The fourth-order valence-corrected chi connectivity index (χ4v) is 5.08. The van der Waals surface area contributed by atoms with E-state index in [9.17, 15) is 19.5 Å². The molecule has 2 aromatic carbocycles. The molecule has 3 aromatic heterocycles. The van der Waals surface area contributed by atoms with Gasteiger partial charge in [0.25, 0.3) is 5.56 Å². The van der Waals surface area contributed by atoms with Gasteiger partial charge in [-0.2, -0.15) is 0 Å². The number of nitrogens with zero attached hydrogens (tertiary/aromatic N) is 1. The summed E-state index contributed by atoms with van der Waals surface area (Å²) in [6, 6.07) is 11.2. The van der Waals surface area contributed by atoms with Crippen LogP contribution in [0.2, 0.25) is 0 Å². The predicted octanol–water partition coefficient (Wildman–Crippen LogP) is 4.79. The molecule has 0 atom stereocenters. The Bertz CT molecular complexity index is 1660. The van der Waals surface area contributed by atoms with Crippen molar-refractivity contribution in [3.05, 3.63) is 68.6 Å². The molecule has 3 N–H and O–H groups in total. The van der Waals surface area contributed by atoms with Crippen molar-refractivity contribution in [1.29, 1.82) is 0 Å². The zero-order chi connectivity index (χ0) is 22.7. The molecule has 0 bridgehead atoms. The highest BCUT2D eigenvalue weighted by molar-refractivity contribution is 6.14. The first-order chi connectivity index (χ1) is 16.0. The number of pyridine rings is 1. The molecule has 1 fully saturated rings. The molecule has 8 heteroatoms. The second kappa shape index (κ2) is 7.23. The maximum Gasteiger partial charge on any atom is 0.335 e. The van der Waals surface area contributed by atoms with Crippen LogP contribution in [0.5, 0.6) is 0 Å². The van der Waals surface area contributed by atoms with Crippen LogP contribution in [0.1, 0.15) is 48.5 Å². The van der Waals surface area contributed by atoms with Crippen LogP contribution < -0.4 is 11.0 Å². The van der Waals surface area contributed by atoms with Crippen molar-refractivity contribution in [1.82, 2.24) is 14.8 Å². The maximum absolute atomic E-state index is 13.2. The first kappa shape index (κ1) is 19.6. The largest absolute Gasteiger partial charge is 0.478 e. The van der Waals surface area contributed by atoms with E-state index in [1.54, 1.807) is 18.2 Å². The van der Waals surface area contributed by atoms with Crippen molar-refractivity contribution in [2.45, 2.75) is 38.1 Å². The molecule has 33 heavy (non-hydrogen) atoms. The second-order valence-corrected chi connectivity index (χ2v) is 8.67. The van der Waals surface area contributed by atoms with Gasteiger partial charge in [-0.05, 0) is 42.7 Å². The lowest BCUT2D eigenvalue weighted by Crippen LogP contribution is -2.16. The van der Waals surface area contributed by atoms with E-state index in [4.69, 9.17) is 4.42 Å². The van der Waals surface area contributed by atoms with Crippen molar-refractivity contribution in [2.75, 3.05) is 0 Å². The Balaban J connectivity index is 1.73. The van der Waals surface area contributed by atoms with Gasteiger partial charge in [0.15, 0.2) is 11.0 Å². The highest BCUT2D eigenvalue weighted by Crippen LogP contribution is 2.39. The lowest BCUT2D eigenvalue weighted by atomic mass is 9.95. The smallest absolute Gasteiger partial charge is 0.335 e. The molecule has 1 aliphatic carbocycles. The summed E-state index contributed by atoms with van der Waals surface area (Å²) in [5.74, 6) is -1.02. The average molecular weight is 443 g/mol. The summed E-state index contributed by atoms with van der Waals surface area (Å²) in [7, 11) is 0. The van der Waals surface area contributed by atoms with E-state index >= 15 is 0 Å². The van der Waals surface area contributed by atoms with E-state index in [2.05, 4.69) is 10.1 Å². The van der Waals surface area contributed by atoms with Crippen LogP contribution in [0.4, 0.5) is 0 Å². The van der Waals surface area contributed by atoms with Crippen molar-refractivity contribution >= 4 is 39.1 Å². The number of aromatic carboxylic acids is 1. The lowest BCUT2D eigenvalue weighted by Gasteiger charge is -2.23. The van der Waals surface area contributed by atoms with Crippen molar-refractivity contribution in [3.63, 3.8) is 0 Å². The Kier molecular flexibility index (Phi) is 4.29. The van der Waals surface area contributed by atoms with Crippen LogP contribution in [-0.4, -0.2) is 25.8 Å². The van der Waals surface area contributed by atoms with Gasteiger partial charge in [0.1, 0.15) is 11.2 Å². The minimum Gasteiger partial charge on any atom is -0.478 e. The van der Waals surface area contributed by atoms with Crippen LogP contribution in [0, 0.1) is 0 Å². The lowest BCUT2D eigenvalue weighted by molar-refractivity contribution is 0.0697. The Hall–Kier alpha value is -4.07. The standard InChI is InChI=1S/C25H21N3O5/c29-16-10-11-17-18(12-16)33-22-19(13-6-8-14(9-7-13)25(31)32)20-23(26-21(17)22)28(27-24(20)30)15-4-2-1-3-5-15/h6-12,15,26H,1-5H2,(H,27,30)(H,31,32). The number of carboxylic acids is 1. The number of benzene rings is 2. The Morgan fingerprint density at radius 1 is 1.03 bits per heavy atom. The molecule has 5 aromatic rings. The van der Waals surface area contributed by atoms with Gasteiger partial charge in [-0.3, -0.25) is 19.4 Å². The molecule has 0 radical (unpaired) electrons. The fourth-order valence-electron chi connectivity index (χ4n) is 5.08. The van der Waals surface area contributed by atoms with Crippen LogP contribution in [-0.2, 0) is 0 Å². The highest BCUT2D eigenvalue weighted by Gasteiger charge is 2.25. The van der Waals surface area contributed by atoms with E-state index < -0.39 is 5.97 Å². The maximum atomic E-state index is 13.2. The molecule has 0 aliphatic heterocycles. The number of nitrogens with one attached hydrogen (secondary N) is 2. The first-order valence-electron chi connectivity index (χ1n) is 11.1. The summed E-state index contributed by atoms with van der Waals surface area (Å²) < 4.78 is 8.04. The summed E-state index contributed by atoms with van der Waals surface area (Å²) >= 11 is 0. The molecule has 1 aliphatic rings. The number of hydrogen-bond donors (Lipinski definition) is 3. The number of carbonyl (C=O) groups is 1. The van der Waals surface area contributed by atoms with E-state index in [-0.39, 0.29) is 22.6 Å². The number of furan rings is 1. The van der Waals surface area contributed by atoms with E-state index in [1.165, 1.54) is 30.7 Å². The number of hydrogen-bond acceptors (Lipinski definition) is 4. The molecule has 0 amide bonds. The third-order valence-electron chi connectivity index (χ3n) is 6.67. The molecule has 1 saturated carbocycles. The Labute approximate surface area is 186 Å². The van der Waals surface area contributed by atoms with Gasteiger partial charge >= 0.3 is 5.97 Å². The Morgan fingerprint density at radius 3 is 2.52 bits per heavy atom. The van der Waals surface area contributed by atoms with Gasteiger partial charge < -0.3 is 14.5 Å². The minimum absolute atomic E-state index is 0.156. The van der Waals surface area contributed by atoms with Gasteiger partial charge in [-0.25, -0.2) is 4.79 Å². The fraction of sp³-hybridized carbons (Fsp3) is 0.240. The number of H-pyrrole nitrogens is 2. The monoisotopic (exact) mass is 443 g/mol. The van der Waals surface area contributed by atoms with Crippen LogP contribution in [0.3, 0.4) is 0 Å². The summed E-state index contributed by atoms with van der Waals surface area (Å²) in [6.07, 6.45) is 5.39. The minimum atomic E-state index is -1.02.